The van der Waals surface area contributed by atoms with E-state index in [1.165, 1.54) is 5.41 Å². The largest absolute Gasteiger partial charge is 0.325 e. The molecule has 0 saturated carbocycles. The van der Waals surface area contributed by atoms with Gasteiger partial charge in [0.2, 0.25) is 5.91 Å². The van der Waals surface area contributed by atoms with Crippen molar-refractivity contribution in [3.8, 4) is 0 Å². The molecule has 6 heteroatoms. The molecule has 1 amide bonds. The fourth-order valence-corrected chi connectivity index (χ4v) is 3.35. The summed E-state index contributed by atoms with van der Waals surface area (Å²) in [6.45, 7) is 0. The quantitative estimate of drug-likeness (QED) is 0.926. The van der Waals surface area contributed by atoms with Crippen LogP contribution in [0.4, 0.5) is 5.69 Å². The molecule has 1 aromatic rings. The highest BCUT2D eigenvalue weighted by Gasteiger charge is 2.23. The van der Waals surface area contributed by atoms with E-state index in [-0.39, 0.29) is 24.0 Å². The maximum absolute atomic E-state index is 11.7. The molecule has 0 unspecified atom stereocenters. The van der Waals surface area contributed by atoms with Crippen molar-refractivity contribution in [3.63, 3.8) is 0 Å². The molecule has 0 aromatic heterocycles. The molecular formula is C12H12ClNO3S. The molecule has 0 aliphatic carbocycles. The fraction of sp³-hybridized carbons (Fsp3) is 0.250. The van der Waals surface area contributed by atoms with Gasteiger partial charge >= 0.3 is 0 Å². The first-order valence-electron chi connectivity index (χ1n) is 5.41. The van der Waals surface area contributed by atoms with Crippen molar-refractivity contribution in [3.05, 3.63) is 40.8 Å². The van der Waals surface area contributed by atoms with Crippen LogP contribution in [0.5, 0.6) is 0 Å². The standard InChI is InChI=1S/C12H12ClNO3S/c13-10-3-1-2-4-11(10)14-12(15)7-9-5-6-18(16,17)8-9/h1-6,9H,7-8H2,(H,14,15)/t9-/m1/s1. The monoisotopic (exact) mass is 285 g/mol. The molecule has 1 atom stereocenters. The fourth-order valence-electron chi connectivity index (χ4n) is 1.77. The summed E-state index contributed by atoms with van der Waals surface area (Å²) in [5.74, 6) is -0.490. The van der Waals surface area contributed by atoms with Gasteiger partial charge in [-0.25, -0.2) is 8.42 Å². The van der Waals surface area contributed by atoms with Gasteiger partial charge < -0.3 is 5.32 Å². The van der Waals surface area contributed by atoms with E-state index in [0.717, 1.165) is 0 Å². The molecule has 4 nitrogen and oxygen atoms in total. The van der Waals surface area contributed by atoms with E-state index in [0.29, 0.717) is 10.7 Å². The summed E-state index contributed by atoms with van der Waals surface area (Å²) in [4.78, 5) is 11.7. The van der Waals surface area contributed by atoms with Gasteiger partial charge in [0.15, 0.2) is 9.84 Å². The van der Waals surface area contributed by atoms with Gasteiger partial charge in [-0.15, -0.1) is 0 Å². The molecule has 0 spiro atoms. The van der Waals surface area contributed by atoms with Gasteiger partial charge in [-0.1, -0.05) is 29.8 Å². The molecule has 0 fully saturated rings. The summed E-state index contributed by atoms with van der Waals surface area (Å²) in [6, 6.07) is 6.91. The Bertz CT molecular complexity index is 595. The van der Waals surface area contributed by atoms with Gasteiger partial charge in [0.05, 0.1) is 16.5 Å². The number of para-hydroxylation sites is 1. The molecule has 0 saturated heterocycles. The van der Waals surface area contributed by atoms with Crippen LogP contribution in [0.25, 0.3) is 0 Å². The molecule has 1 N–H and O–H groups in total. The molecule has 2 rings (SSSR count). The highest BCUT2D eigenvalue weighted by Crippen LogP contribution is 2.22. The van der Waals surface area contributed by atoms with Crippen molar-refractivity contribution in [2.45, 2.75) is 6.42 Å². The summed E-state index contributed by atoms with van der Waals surface area (Å²) in [7, 11) is -3.11. The van der Waals surface area contributed by atoms with Crippen LogP contribution < -0.4 is 5.32 Å². The first-order valence-corrected chi connectivity index (χ1v) is 7.51. The number of anilines is 1. The van der Waals surface area contributed by atoms with Gasteiger partial charge in [0.25, 0.3) is 0 Å². The Kier molecular flexibility index (Phi) is 3.73. The number of halogens is 1. The number of hydrogen-bond acceptors (Lipinski definition) is 3. The number of carbonyl (C=O) groups is 1. The lowest BCUT2D eigenvalue weighted by Crippen LogP contribution is -2.17. The van der Waals surface area contributed by atoms with Gasteiger partial charge in [-0.05, 0) is 12.1 Å². The maximum atomic E-state index is 11.7. The predicted molar refractivity (Wildman–Crippen MR) is 71.1 cm³/mol. The third-order valence-corrected chi connectivity index (χ3v) is 4.39. The molecule has 96 valence electrons. The SMILES string of the molecule is O=C(C[C@H]1C=CS(=O)(=O)C1)Nc1ccccc1Cl. The van der Waals surface area contributed by atoms with Crippen LogP contribution in [0.3, 0.4) is 0 Å². The minimum atomic E-state index is -3.11. The van der Waals surface area contributed by atoms with E-state index in [2.05, 4.69) is 5.32 Å². The topological polar surface area (TPSA) is 63.2 Å². The average Bonchev–Trinajstić information content (AvgIpc) is 2.61. The molecular weight excluding hydrogens is 274 g/mol. The van der Waals surface area contributed by atoms with Crippen LogP contribution >= 0.6 is 11.6 Å². The number of hydrogen-bond donors (Lipinski definition) is 1. The number of rotatable bonds is 3. The Balaban J connectivity index is 1.95. The van der Waals surface area contributed by atoms with Crippen molar-refractivity contribution >= 4 is 33.0 Å². The van der Waals surface area contributed by atoms with Crippen molar-refractivity contribution in [2.24, 2.45) is 5.92 Å². The summed E-state index contributed by atoms with van der Waals surface area (Å²) >= 11 is 5.91. The summed E-state index contributed by atoms with van der Waals surface area (Å²) in [5, 5.41) is 4.29. The third-order valence-electron chi connectivity index (χ3n) is 2.60. The van der Waals surface area contributed by atoms with E-state index in [1.54, 1.807) is 30.3 Å². The zero-order valence-corrected chi connectivity index (χ0v) is 11.0. The number of amides is 1. The summed E-state index contributed by atoms with van der Waals surface area (Å²) in [5.41, 5.74) is 0.536. The lowest BCUT2D eigenvalue weighted by molar-refractivity contribution is -0.116. The van der Waals surface area contributed by atoms with Crippen LogP contribution in [0.1, 0.15) is 6.42 Å². The molecule has 0 bridgehead atoms. The molecule has 1 heterocycles. The summed E-state index contributed by atoms with van der Waals surface area (Å²) < 4.78 is 22.4. The van der Waals surface area contributed by atoms with E-state index in [9.17, 15) is 13.2 Å². The minimum absolute atomic E-state index is 0.00292. The normalized spacial score (nSPS) is 20.8. The third kappa shape index (κ3) is 3.34. The van der Waals surface area contributed by atoms with E-state index < -0.39 is 9.84 Å². The number of benzene rings is 1. The van der Waals surface area contributed by atoms with Gasteiger partial charge in [0.1, 0.15) is 0 Å². The molecule has 1 aliphatic rings. The molecule has 1 aromatic carbocycles. The zero-order chi connectivity index (χ0) is 13.2. The lowest BCUT2D eigenvalue weighted by Gasteiger charge is -2.09. The number of allylic oxidation sites excluding steroid dienone is 1. The van der Waals surface area contributed by atoms with Crippen molar-refractivity contribution in [1.82, 2.24) is 0 Å². The van der Waals surface area contributed by atoms with Crippen molar-refractivity contribution < 1.29 is 13.2 Å². The highest BCUT2D eigenvalue weighted by molar-refractivity contribution is 7.94. The molecule has 0 radical (unpaired) electrons. The van der Waals surface area contributed by atoms with Gasteiger partial charge in [-0.3, -0.25) is 4.79 Å². The zero-order valence-electron chi connectivity index (χ0n) is 9.47. The Morgan fingerprint density at radius 2 is 2.11 bits per heavy atom. The van der Waals surface area contributed by atoms with Gasteiger partial charge in [-0.2, -0.15) is 0 Å². The van der Waals surface area contributed by atoms with Gasteiger partial charge in [0, 0.05) is 17.7 Å². The van der Waals surface area contributed by atoms with Crippen molar-refractivity contribution in [2.75, 3.05) is 11.1 Å². The number of sulfone groups is 1. The summed E-state index contributed by atoms with van der Waals surface area (Å²) in [6.07, 6.45) is 1.70. The second kappa shape index (κ2) is 5.12. The minimum Gasteiger partial charge on any atom is -0.325 e. The number of nitrogens with one attached hydrogen (secondary N) is 1. The van der Waals surface area contributed by atoms with Crippen LogP contribution in [-0.2, 0) is 14.6 Å². The second-order valence-corrected chi connectivity index (χ2v) is 6.49. The van der Waals surface area contributed by atoms with Crippen LogP contribution in [-0.4, -0.2) is 20.1 Å². The Morgan fingerprint density at radius 3 is 2.72 bits per heavy atom. The van der Waals surface area contributed by atoms with Crippen LogP contribution in [0.15, 0.2) is 35.7 Å². The Morgan fingerprint density at radius 1 is 1.39 bits per heavy atom. The van der Waals surface area contributed by atoms with E-state index in [4.69, 9.17) is 11.6 Å². The predicted octanol–water partition coefficient (Wildman–Crippen LogP) is 2.23. The smallest absolute Gasteiger partial charge is 0.225 e. The maximum Gasteiger partial charge on any atom is 0.225 e. The van der Waals surface area contributed by atoms with Crippen LogP contribution in [0.2, 0.25) is 5.02 Å². The van der Waals surface area contributed by atoms with E-state index in [1.807, 2.05) is 0 Å². The first-order chi connectivity index (χ1) is 8.46. The Hall–Kier alpha value is -1.33. The Labute approximate surface area is 111 Å². The molecule has 18 heavy (non-hydrogen) atoms. The first kappa shape index (κ1) is 13.1. The van der Waals surface area contributed by atoms with Crippen LogP contribution in [0, 0.1) is 5.92 Å². The van der Waals surface area contributed by atoms with Crippen molar-refractivity contribution in [1.29, 1.82) is 0 Å². The highest BCUT2D eigenvalue weighted by atomic mass is 35.5. The van der Waals surface area contributed by atoms with E-state index >= 15 is 0 Å². The average molecular weight is 286 g/mol. The molecule has 1 aliphatic heterocycles. The number of carbonyl (C=O) groups excluding carboxylic acids is 1. The lowest BCUT2D eigenvalue weighted by atomic mass is 10.1. The second-order valence-electron chi connectivity index (χ2n) is 4.15.